The molecular weight excluding hydrogens is 369 g/mol. The Morgan fingerprint density at radius 2 is 1.62 bits per heavy atom. The van der Waals surface area contributed by atoms with Crippen LogP contribution in [0, 0.1) is 19.7 Å². The van der Waals surface area contributed by atoms with Gasteiger partial charge in [0.15, 0.2) is 0 Å². The molecule has 2 amide bonds. The maximum absolute atomic E-state index is 13.0. The lowest BCUT2D eigenvalue weighted by atomic mass is 10.1. The largest absolute Gasteiger partial charge is 0.358 e. The highest BCUT2D eigenvalue weighted by atomic mass is 19.1. The van der Waals surface area contributed by atoms with Crippen LogP contribution in [-0.4, -0.2) is 52.8 Å². The van der Waals surface area contributed by atoms with Crippen LogP contribution in [0.25, 0.3) is 10.9 Å². The van der Waals surface area contributed by atoms with Gasteiger partial charge in [0.2, 0.25) is 5.91 Å². The fraction of sp³-hybridized carbons (Fsp3) is 0.304. The van der Waals surface area contributed by atoms with E-state index in [2.05, 4.69) is 4.98 Å². The van der Waals surface area contributed by atoms with E-state index in [9.17, 15) is 14.0 Å². The summed E-state index contributed by atoms with van der Waals surface area (Å²) in [6.07, 6.45) is 0.247. The molecule has 5 nitrogen and oxygen atoms in total. The lowest BCUT2D eigenvalue weighted by Gasteiger charge is -2.35. The second kappa shape index (κ2) is 7.70. The predicted molar refractivity (Wildman–Crippen MR) is 110 cm³/mol. The Kier molecular flexibility index (Phi) is 5.09. The summed E-state index contributed by atoms with van der Waals surface area (Å²) < 4.78 is 13.0. The molecule has 0 saturated carbocycles. The Hall–Kier alpha value is -3.15. The number of aromatic nitrogens is 1. The summed E-state index contributed by atoms with van der Waals surface area (Å²) >= 11 is 0. The van der Waals surface area contributed by atoms with Crippen LogP contribution in [0.5, 0.6) is 0 Å². The van der Waals surface area contributed by atoms with E-state index in [-0.39, 0.29) is 24.1 Å². The van der Waals surface area contributed by atoms with Gasteiger partial charge in [-0.25, -0.2) is 4.39 Å². The molecule has 1 aliphatic heterocycles. The van der Waals surface area contributed by atoms with Gasteiger partial charge in [0, 0.05) is 48.3 Å². The number of fused-ring (bicyclic) bond motifs is 1. The Morgan fingerprint density at radius 3 is 2.31 bits per heavy atom. The van der Waals surface area contributed by atoms with Crippen molar-refractivity contribution in [2.75, 3.05) is 26.2 Å². The molecule has 1 saturated heterocycles. The molecule has 2 heterocycles. The van der Waals surface area contributed by atoms with Gasteiger partial charge in [-0.05, 0) is 55.3 Å². The molecule has 6 heteroatoms. The highest BCUT2D eigenvalue weighted by molar-refractivity contribution is 5.99. The van der Waals surface area contributed by atoms with Crippen molar-refractivity contribution in [3.8, 4) is 0 Å². The summed E-state index contributed by atoms with van der Waals surface area (Å²) in [4.78, 5) is 32.3. The normalized spacial score (nSPS) is 14.4. The molecule has 29 heavy (non-hydrogen) atoms. The van der Waals surface area contributed by atoms with Crippen molar-refractivity contribution in [2.45, 2.75) is 20.3 Å². The summed E-state index contributed by atoms with van der Waals surface area (Å²) in [6.45, 7) is 6.12. The van der Waals surface area contributed by atoms with Crippen molar-refractivity contribution in [3.63, 3.8) is 0 Å². The third kappa shape index (κ3) is 3.88. The molecule has 0 unspecified atom stereocenters. The van der Waals surface area contributed by atoms with Crippen LogP contribution in [0.1, 0.15) is 27.2 Å². The van der Waals surface area contributed by atoms with Crippen LogP contribution < -0.4 is 0 Å². The first-order valence-electron chi connectivity index (χ1n) is 9.83. The molecule has 0 bridgehead atoms. The first kappa shape index (κ1) is 19.2. The summed E-state index contributed by atoms with van der Waals surface area (Å²) in [7, 11) is 0. The maximum atomic E-state index is 13.0. The zero-order chi connectivity index (χ0) is 20.5. The number of aromatic amines is 1. The monoisotopic (exact) mass is 393 g/mol. The van der Waals surface area contributed by atoms with Crippen molar-refractivity contribution in [1.82, 2.24) is 14.8 Å². The number of rotatable bonds is 3. The SMILES string of the molecule is Cc1[nH]c2ccc(C(=O)N3CCN(C(=O)Cc4ccc(F)cc4)CC3)cc2c1C. The van der Waals surface area contributed by atoms with Crippen LogP contribution in [0.15, 0.2) is 42.5 Å². The van der Waals surface area contributed by atoms with Crippen LogP contribution in [0.2, 0.25) is 0 Å². The number of nitrogens with one attached hydrogen (secondary N) is 1. The predicted octanol–water partition coefficient (Wildman–Crippen LogP) is 3.45. The lowest BCUT2D eigenvalue weighted by molar-refractivity contribution is -0.131. The molecule has 0 radical (unpaired) electrons. The number of hydrogen-bond acceptors (Lipinski definition) is 2. The van der Waals surface area contributed by atoms with E-state index >= 15 is 0 Å². The minimum atomic E-state index is -0.309. The van der Waals surface area contributed by atoms with E-state index in [1.165, 1.54) is 12.1 Å². The Morgan fingerprint density at radius 1 is 0.966 bits per heavy atom. The minimum Gasteiger partial charge on any atom is -0.358 e. The van der Waals surface area contributed by atoms with Crippen LogP contribution in [-0.2, 0) is 11.2 Å². The molecule has 1 aromatic heterocycles. The number of halogens is 1. The number of benzene rings is 2. The van der Waals surface area contributed by atoms with Gasteiger partial charge in [-0.2, -0.15) is 0 Å². The first-order valence-corrected chi connectivity index (χ1v) is 9.83. The standard InChI is InChI=1S/C23H24FN3O2/c1-15-16(2)25-21-8-5-18(14-20(15)21)23(29)27-11-9-26(10-12-27)22(28)13-17-3-6-19(24)7-4-17/h3-8,14,25H,9-13H2,1-2H3. The number of carbonyl (C=O) groups is 2. The maximum Gasteiger partial charge on any atom is 0.253 e. The molecule has 4 rings (SSSR count). The van der Waals surface area contributed by atoms with E-state index in [1.807, 2.05) is 32.0 Å². The van der Waals surface area contributed by atoms with Crippen LogP contribution in [0.4, 0.5) is 4.39 Å². The highest BCUT2D eigenvalue weighted by Gasteiger charge is 2.25. The Bertz CT molecular complexity index is 1060. The topological polar surface area (TPSA) is 56.4 Å². The van der Waals surface area contributed by atoms with Gasteiger partial charge in [0.05, 0.1) is 6.42 Å². The van der Waals surface area contributed by atoms with E-state index in [0.29, 0.717) is 31.7 Å². The minimum absolute atomic E-state index is 0.00329. The van der Waals surface area contributed by atoms with E-state index in [1.54, 1.807) is 21.9 Å². The summed E-state index contributed by atoms with van der Waals surface area (Å²) in [5, 5.41) is 1.07. The molecule has 1 aliphatic rings. The number of nitrogens with zero attached hydrogens (tertiary/aromatic N) is 2. The van der Waals surface area contributed by atoms with Gasteiger partial charge in [0.1, 0.15) is 5.82 Å². The second-order valence-corrected chi connectivity index (χ2v) is 7.61. The summed E-state index contributed by atoms with van der Waals surface area (Å²) in [5.41, 5.74) is 4.77. The zero-order valence-corrected chi connectivity index (χ0v) is 16.7. The van der Waals surface area contributed by atoms with Crippen LogP contribution >= 0.6 is 0 Å². The van der Waals surface area contributed by atoms with Gasteiger partial charge < -0.3 is 14.8 Å². The average Bonchev–Trinajstić information content (AvgIpc) is 3.02. The van der Waals surface area contributed by atoms with Crippen molar-refractivity contribution in [1.29, 1.82) is 0 Å². The molecular formula is C23H24FN3O2. The van der Waals surface area contributed by atoms with Gasteiger partial charge in [0.25, 0.3) is 5.91 Å². The number of hydrogen-bond donors (Lipinski definition) is 1. The van der Waals surface area contributed by atoms with Gasteiger partial charge in [-0.3, -0.25) is 9.59 Å². The third-order valence-corrected chi connectivity index (χ3v) is 5.74. The Labute approximate surface area is 169 Å². The van der Waals surface area contributed by atoms with Crippen LogP contribution in [0.3, 0.4) is 0 Å². The third-order valence-electron chi connectivity index (χ3n) is 5.74. The summed E-state index contributed by atoms with van der Waals surface area (Å²) in [6, 6.07) is 11.7. The molecule has 0 spiro atoms. The smallest absolute Gasteiger partial charge is 0.253 e. The van der Waals surface area contributed by atoms with Gasteiger partial charge >= 0.3 is 0 Å². The van der Waals surface area contributed by atoms with E-state index < -0.39 is 0 Å². The lowest BCUT2D eigenvalue weighted by Crippen LogP contribution is -2.51. The molecule has 0 atom stereocenters. The average molecular weight is 393 g/mol. The number of H-pyrrole nitrogens is 1. The number of carbonyl (C=O) groups excluding carboxylic acids is 2. The molecule has 2 aromatic carbocycles. The number of piperazine rings is 1. The second-order valence-electron chi connectivity index (χ2n) is 7.61. The zero-order valence-electron chi connectivity index (χ0n) is 16.7. The van der Waals surface area contributed by atoms with Crippen molar-refractivity contribution >= 4 is 22.7 Å². The fourth-order valence-electron chi connectivity index (χ4n) is 3.82. The number of aryl methyl sites for hydroxylation is 2. The van der Waals surface area contributed by atoms with Crippen molar-refractivity contribution in [3.05, 3.63) is 70.7 Å². The first-order chi connectivity index (χ1) is 13.9. The Balaban J connectivity index is 1.38. The van der Waals surface area contributed by atoms with E-state index in [0.717, 1.165) is 27.7 Å². The quantitative estimate of drug-likeness (QED) is 0.741. The van der Waals surface area contributed by atoms with Gasteiger partial charge in [-0.15, -0.1) is 0 Å². The van der Waals surface area contributed by atoms with Crippen molar-refractivity contribution < 1.29 is 14.0 Å². The number of amides is 2. The molecule has 1 N–H and O–H groups in total. The molecule has 3 aromatic rings. The summed E-state index contributed by atoms with van der Waals surface area (Å²) in [5.74, 6) is -0.309. The van der Waals surface area contributed by atoms with Crippen molar-refractivity contribution in [2.24, 2.45) is 0 Å². The van der Waals surface area contributed by atoms with Gasteiger partial charge in [-0.1, -0.05) is 12.1 Å². The fourth-order valence-corrected chi connectivity index (χ4v) is 3.82. The molecule has 0 aliphatic carbocycles. The molecule has 150 valence electrons. The highest BCUT2D eigenvalue weighted by Crippen LogP contribution is 2.23. The van der Waals surface area contributed by atoms with E-state index in [4.69, 9.17) is 0 Å². The molecule has 1 fully saturated rings.